The molecule has 6 heteroatoms. The average molecular weight is 342 g/mol. The van der Waals surface area contributed by atoms with Crippen molar-refractivity contribution in [3.8, 4) is 0 Å². The monoisotopic (exact) mass is 342 g/mol. The van der Waals surface area contributed by atoms with Crippen LogP contribution in [-0.2, 0) is 11.2 Å². The van der Waals surface area contributed by atoms with Crippen LogP contribution in [0.2, 0.25) is 0 Å². The van der Waals surface area contributed by atoms with E-state index in [9.17, 15) is 9.59 Å². The molecule has 3 aliphatic carbocycles. The highest BCUT2D eigenvalue weighted by molar-refractivity contribution is 5.79. The van der Waals surface area contributed by atoms with Crippen molar-refractivity contribution in [3.05, 3.63) is 34.0 Å². The maximum atomic E-state index is 12.3. The SMILES string of the molecule is O=C(NCCCc1nnc(C2CCCC2)[nH]c1=O)C1CC2C=CC1C2. The number of amides is 1. The minimum absolute atomic E-state index is 0.124. The predicted octanol–water partition coefficient (Wildman–Crippen LogP) is 2.08. The van der Waals surface area contributed by atoms with Crippen LogP contribution >= 0.6 is 0 Å². The van der Waals surface area contributed by atoms with Crippen LogP contribution in [0.1, 0.15) is 62.4 Å². The first-order valence-corrected chi connectivity index (χ1v) is 9.62. The Labute approximate surface area is 147 Å². The zero-order valence-corrected chi connectivity index (χ0v) is 14.5. The van der Waals surface area contributed by atoms with E-state index in [2.05, 4.69) is 32.7 Å². The fraction of sp³-hybridized carbons (Fsp3) is 0.684. The maximum Gasteiger partial charge on any atom is 0.272 e. The lowest BCUT2D eigenvalue weighted by molar-refractivity contribution is -0.125. The second-order valence-electron chi connectivity index (χ2n) is 7.75. The van der Waals surface area contributed by atoms with Crippen LogP contribution in [0.15, 0.2) is 16.9 Å². The van der Waals surface area contributed by atoms with E-state index in [1.54, 1.807) is 0 Å². The van der Waals surface area contributed by atoms with Crippen molar-refractivity contribution in [2.24, 2.45) is 17.8 Å². The van der Waals surface area contributed by atoms with E-state index in [1.165, 1.54) is 12.8 Å². The summed E-state index contributed by atoms with van der Waals surface area (Å²) in [5, 5.41) is 11.4. The van der Waals surface area contributed by atoms with Gasteiger partial charge in [0.25, 0.3) is 5.56 Å². The fourth-order valence-electron chi connectivity index (χ4n) is 4.60. The summed E-state index contributed by atoms with van der Waals surface area (Å²) in [5.41, 5.74) is 0.348. The van der Waals surface area contributed by atoms with Crippen LogP contribution in [0.4, 0.5) is 0 Å². The number of aromatic amines is 1. The summed E-state index contributed by atoms with van der Waals surface area (Å²) in [4.78, 5) is 27.3. The van der Waals surface area contributed by atoms with Crippen molar-refractivity contribution in [2.75, 3.05) is 6.54 Å². The van der Waals surface area contributed by atoms with Crippen molar-refractivity contribution < 1.29 is 4.79 Å². The van der Waals surface area contributed by atoms with Crippen molar-refractivity contribution in [1.29, 1.82) is 0 Å². The number of nitrogens with zero attached hydrogens (tertiary/aromatic N) is 2. The molecule has 1 amide bonds. The van der Waals surface area contributed by atoms with Gasteiger partial charge in [0.15, 0.2) is 0 Å². The van der Waals surface area contributed by atoms with Gasteiger partial charge in [-0.1, -0.05) is 25.0 Å². The molecule has 0 saturated heterocycles. The number of aromatic nitrogens is 3. The Balaban J connectivity index is 1.24. The van der Waals surface area contributed by atoms with Crippen molar-refractivity contribution in [1.82, 2.24) is 20.5 Å². The summed E-state index contributed by atoms with van der Waals surface area (Å²) in [6.07, 6.45) is 12.4. The molecular formula is C19H26N4O2. The van der Waals surface area contributed by atoms with Crippen molar-refractivity contribution in [3.63, 3.8) is 0 Å². The number of rotatable bonds is 6. The smallest absolute Gasteiger partial charge is 0.272 e. The topological polar surface area (TPSA) is 87.7 Å². The Hall–Kier alpha value is -1.98. The van der Waals surface area contributed by atoms with Gasteiger partial charge in [-0.3, -0.25) is 9.59 Å². The number of carbonyl (C=O) groups is 1. The second kappa shape index (κ2) is 7.10. The van der Waals surface area contributed by atoms with Crippen molar-refractivity contribution in [2.45, 2.75) is 57.3 Å². The van der Waals surface area contributed by atoms with Gasteiger partial charge >= 0.3 is 0 Å². The van der Waals surface area contributed by atoms with Gasteiger partial charge in [-0.25, -0.2) is 0 Å². The van der Waals surface area contributed by atoms with Gasteiger partial charge in [-0.2, -0.15) is 0 Å². The first-order chi connectivity index (χ1) is 12.2. The molecule has 0 aliphatic heterocycles. The molecular weight excluding hydrogens is 316 g/mol. The highest BCUT2D eigenvalue weighted by Gasteiger charge is 2.39. The van der Waals surface area contributed by atoms with Crippen LogP contribution in [-0.4, -0.2) is 27.6 Å². The molecule has 4 rings (SSSR count). The number of allylic oxidation sites excluding steroid dienone is 2. The molecule has 3 aliphatic rings. The van der Waals surface area contributed by atoms with E-state index in [-0.39, 0.29) is 17.4 Å². The van der Waals surface area contributed by atoms with E-state index in [4.69, 9.17) is 0 Å². The van der Waals surface area contributed by atoms with Crippen LogP contribution < -0.4 is 10.9 Å². The van der Waals surface area contributed by atoms with E-state index in [0.717, 1.165) is 31.5 Å². The second-order valence-corrected chi connectivity index (χ2v) is 7.75. The Bertz CT molecular complexity index is 720. The molecule has 2 saturated carbocycles. The van der Waals surface area contributed by atoms with Gasteiger partial charge in [-0.15, -0.1) is 10.2 Å². The fourth-order valence-corrected chi connectivity index (χ4v) is 4.60. The molecule has 6 nitrogen and oxygen atoms in total. The molecule has 3 unspecified atom stereocenters. The summed E-state index contributed by atoms with van der Waals surface area (Å²) in [5.74, 6) is 2.44. The molecule has 1 aromatic heterocycles. The summed E-state index contributed by atoms with van der Waals surface area (Å²) < 4.78 is 0. The molecule has 2 fully saturated rings. The van der Waals surface area contributed by atoms with E-state index in [0.29, 0.717) is 42.8 Å². The summed E-state index contributed by atoms with van der Waals surface area (Å²) >= 11 is 0. The maximum absolute atomic E-state index is 12.3. The zero-order valence-electron chi connectivity index (χ0n) is 14.5. The molecule has 2 N–H and O–H groups in total. The third-order valence-corrected chi connectivity index (χ3v) is 6.03. The third-order valence-electron chi connectivity index (χ3n) is 6.03. The van der Waals surface area contributed by atoms with Crippen LogP contribution in [0.25, 0.3) is 0 Å². The van der Waals surface area contributed by atoms with Gasteiger partial charge in [0.05, 0.1) is 0 Å². The number of H-pyrrole nitrogens is 1. The zero-order chi connectivity index (χ0) is 17.2. The molecule has 25 heavy (non-hydrogen) atoms. The lowest BCUT2D eigenvalue weighted by Crippen LogP contribution is -2.33. The van der Waals surface area contributed by atoms with Crippen LogP contribution in [0.3, 0.4) is 0 Å². The van der Waals surface area contributed by atoms with Gasteiger partial charge in [0.1, 0.15) is 11.5 Å². The largest absolute Gasteiger partial charge is 0.356 e. The Morgan fingerprint density at radius 3 is 2.72 bits per heavy atom. The molecule has 0 aromatic carbocycles. The minimum atomic E-state index is -0.124. The van der Waals surface area contributed by atoms with E-state index in [1.807, 2.05) is 0 Å². The molecule has 134 valence electrons. The van der Waals surface area contributed by atoms with E-state index >= 15 is 0 Å². The number of fused-ring (bicyclic) bond motifs is 2. The molecule has 1 heterocycles. The quantitative estimate of drug-likeness (QED) is 0.612. The Morgan fingerprint density at radius 1 is 1.20 bits per heavy atom. The molecule has 1 aromatic rings. The van der Waals surface area contributed by atoms with Gasteiger partial charge in [0.2, 0.25) is 5.91 Å². The highest BCUT2D eigenvalue weighted by Crippen LogP contribution is 2.43. The lowest BCUT2D eigenvalue weighted by Gasteiger charge is -2.17. The van der Waals surface area contributed by atoms with Gasteiger partial charge in [-0.05, 0) is 50.4 Å². The molecule has 3 atom stereocenters. The normalized spacial score (nSPS) is 27.9. The first-order valence-electron chi connectivity index (χ1n) is 9.62. The predicted molar refractivity (Wildman–Crippen MR) is 94.0 cm³/mol. The van der Waals surface area contributed by atoms with Crippen LogP contribution in [0, 0.1) is 17.8 Å². The average Bonchev–Trinajstić information content (AvgIpc) is 3.36. The highest BCUT2D eigenvalue weighted by atomic mass is 16.2. The van der Waals surface area contributed by atoms with Gasteiger partial charge in [0, 0.05) is 18.4 Å². The minimum Gasteiger partial charge on any atom is -0.356 e. The summed E-state index contributed by atoms with van der Waals surface area (Å²) in [6.45, 7) is 0.585. The number of carbonyl (C=O) groups excluding carboxylic acids is 1. The number of nitrogens with one attached hydrogen (secondary N) is 2. The Morgan fingerprint density at radius 2 is 2.04 bits per heavy atom. The number of hydrogen-bond acceptors (Lipinski definition) is 4. The summed E-state index contributed by atoms with van der Waals surface area (Å²) in [7, 11) is 0. The summed E-state index contributed by atoms with van der Waals surface area (Å²) in [6, 6.07) is 0. The van der Waals surface area contributed by atoms with Crippen LogP contribution in [0.5, 0.6) is 0 Å². The number of aryl methyl sites for hydroxylation is 1. The third kappa shape index (κ3) is 3.53. The molecule has 0 spiro atoms. The number of hydrogen-bond donors (Lipinski definition) is 2. The van der Waals surface area contributed by atoms with Crippen molar-refractivity contribution >= 4 is 5.91 Å². The Kier molecular flexibility index (Phi) is 4.68. The first kappa shape index (κ1) is 16.5. The standard InChI is InChI=1S/C19H26N4O2/c24-18(15-11-12-7-8-14(15)10-12)20-9-3-6-16-19(25)21-17(23-22-16)13-4-1-2-5-13/h7-8,12-15H,1-6,9-11H2,(H,20,24)(H,21,23,25). The van der Waals surface area contributed by atoms with Gasteiger partial charge < -0.3 is 10.3 Å². The van der Waals surface area contributed by atoms with E-state index < -0.39 is 0 Å². The molecule has 2 bridgehead atoms. The molecule has 0 radical (unpaired) electrons. The lowest BCUT2D eigenvalue weighted by atomic mass is 9.93.